The number of aliphatic hydroxyl groups is 1. The summed E-state index contributed by atoms with van der Waals surface area (Å²) in [5.41, 5.74) is -1.24. The van der Waals surface area contributed by atoms with Crippen molar-refractivity contribution >= 4 is 17.4 Å². The number of halogens is 1. The minimum atomic E-state index is -1.24. The first kappa shape index (κ1) is 10.9. The zero-order valence-electron chi connectivity index (χ0n) is 7.47. The van der Waals surface area contributed by atoms with Crippen LogP contribution >= 0.6 is 11.6 Å². The van der Waals surface area contributed by atoms with Crippen molar-refractivity contribution in [1.82, 2.24) is 9.55 Å². The van der Waals surface area contributed by atoms with E-state index in [2.05, 4.69) is 11.9 Å². The Hall–Kier alpha value is -1.14. The number of hydrogen-bond acceptors (Lipinski definition) is 4. The lowest BCUT2D eigenvalue weighted by Gasteiger charge is -2.16. The molecule has 14 heavy (non-hydrogen) atoms. The molecule has 1 aromatic rings. The third-order valence-corrected chi connectivity index (χ3v) is 1.71. The fraction of sp³-hybridized carbons (Fsp3) is 0.429. The van der Waals surface area contributed by atoms with Gasteiger partial charge in [-0.05, 0) is 35.4 Å². The van der Waals surface area contributed by atoms with Gasteiger partial charge < -0.3 is 15.2 Å². The number of hydrogen-bond donors (Lipinski definition) is 1. The van der Waals surface area contributed by atoms with Crippen molar-refractivity contribution < 1.29 is 10.0 Å². The molecule has 77 valence electrons. The van der Waals surface area contributed by atoms with Crippen LogP contribution in [0.5, 0.6) is 0 Å². The highest BCUT2D eigenvalue weighted by molar-refractivity contribution is 6.28. The Morgan fingerprint density at radius 3 is 2.86 bits per heavy atom. The van der Waals surface area contributed by atoms with Crippen LogP contribution in [0.4, 0.5) is 5.82 Å². The lowest BCUT2D eigenvalue weighted by Crippen LogP contribution is -2.26. The van der Waals surface area contributed by atoms with Gasteiger partial charge in [0.25, 0.3) is 0 Å². The molecule has 6 nitrogen and oxygen atoms in total. The summed E-state index contributed by atoms with van der Waals surface area (Å²) >= 11 is 5.60. The Labute approximate surface area is 85.3 Å². The van der Waals surface area contributed by atoms with Crippen molar-refractivity contribution in [2.75, 3.05) is 0 Å². The van der Waals surface area contributed by atoms with Gasteiger partial charge in [0, 0.05) is 0 Å². The molecule has 1 unspecified atom stereocenters. The van der Waals surface area contributed by atoms with E-state index in [9.17, 15) is 15.2 Å². The van der Waals surface area contributed by atoms with E-state index in [1.807, 2.05) is 0 Å². The normalized spacial score (nSPS) is 11.7. The second-order valence-electron chi connectivity index (χ2n) is 3.25. The molecule has 0 saturated carbocycles. The predicted octanol–water partition coefficient (Wildman–Crippen LogP) is 1.03. The lowest BCUT2D eigenvalue weighted by atomic mass is 10.1. The van der Waals surface area contributed by atoms with Gasteiger partial charge in [0.15, 0.2) is 0 Å². The van der Waals surface area contributed by atoms with Crippen LogP contribution in [-0.4, -0.2) is 25.2 Å². The Balaban J connectivity index is 2.94. The van der Waals surface area contributed by atoms with Crippen LogP contribution in [0.3, 0.4) is 0 Å². The van der Waals surface area contributed by atoms with Crippen LogP contribution in [0, 0.1) is 17.0 Å². The molecule has 0 bridgehead atoms. The summed E-state index contributed by atoms with van der Waals surface area (Å²) < 4.78 is 1.27. The molecular weight excluding hydrogens is 210 g/mol. The second kappa shape index (κ2) is 3.55. The predicted molar refractivity (Wildman–Crippen MR) is 49.9 cm³/mol. The third-order valence-electron chi connectivity index (χ3n) is 1.41. The van der Waals surface area contributed by atoms with Crippen LogP contribution in [0.25, 0.3) is 0 Å². The molecule has 7 heteroatoms. The van der Waals surface area contributed by atoms with Crippen molar-refractivity contribution in [3.05, 3.63) is 28.5 Å². The first-order valence-electron chi connectivity index (χ1n) is 3.74. The minimum absolute atomic E-state index is 0.0411. The first-order chi connectivity index (χ1) is 6.29. The van der Waals surface area contributed by atoms with Gasteiger partial charge in [-0.1, -0.05) is 0 Å². The molecule has 1 N–H and O–H groups in total. The molecule has 1 rings (SSSR count). The summed E-state index contributed by atoms with van der Waals surface area (Å²) in [5, 5.41) is 19.6. The zero-order chi connectivity index (χ0) is 10.9. The molecular formula is C7H9ClN3O3. The molecule has 1 aromatic heterocycles. The highest BCUT2D eigenvalue weighted by Gasteiger charge is 2.21. The van der Waals surface area contributed by atoms with E-state index in [4.69, 9.17) is 11.6 Å². The quantitative estimate of drug-likeness (QED) is 0.607. The summed E-state index contributed by atoms with van der Waals surface area (Å²) in [6.07, 6.45) is 1.15. The van der Waals surface area contributed by atoms with E-state index in [1.54, 1.807) is 0 Å². The average Bonchev–Trinajstić information content (AvgIpc) is 2.29. The van der Waals surface area contributed by atoms with E-state index in [0.29, 0.717) is 0 Å². The van der Waals surface area contributed by atoms with Gasteiger partial charge in [0.05, 0.1) is 12.1 Å². The minimum Gasteiger partial charge on any atom is -0.388 e. The molecule has 0 spiro atoms. The molecule has 1 radical (unpaired) electrons. The van der Waals surface area contributed by atoms with Crippen LogP contribution in [0.15, 0.2) is 6.20 Å². The Bertz CT molecular complexity index is 356. The number of rotatable bonds is 3. The Kier molecular flexibility index (Phi) is 2.77. The largest absolute Gasteiger partial charge is 0.388 e. The van der Waals surface area contributed by atoms with Crippen LogP contribution < -0.4 is 0 Å². The van der Waals surface area contributed by atoms with Gasteiger partial charge in [-0.2, -0.15) is 0 Å². The average molecular weight is 219 g/mol. The van der Waals surface area contributed by atoms with E-state index >= 15 is 0 Å². The van der Waals surface area contributed by atoms with Gasteiger partial charge in [-0.25, -0.2) is 0 Å². The fourth-order valence-electron chi connectivity index (χ4n) is 0.946. The van der Waals surface area contributed by atoms with Gasteiger partial charge in [-0.15, -0.1) is 0 Å². The number of aromatic nitrogens is 2. The molecule has 0 fully saturated rings. The van der Waals surface area contributed by atoms with Crippen molar-refractivity contribution in [1.29, 1.82) is 0 Å². The smallest absolute Gasteiger partial charge is 0.383 e. The second-order valence-corrected chi connectivity index (χ2v) is 3.59. The number of imidazole rings is 1. The summed E-state index contributed by atoms with van der Waals surface area (Å²) in [4.78, 5) is 13.2. The highest BCUT2D eigenvalue weighted by Crippen LogP contribution is 2.17. The van der Waals surface area contributed by atoms with Crippen molar-refractivity contribution in [3.8, 4) is 0 Å². The van der Waals surface area contributed by atoms with Crippen molar-refractivity contribution in [2.45, 2.75) is 19.1 Å². The standard InChI is InChI=1S/C7H9ClN3O3/c1-7(2,12)4-10-3-5(11(13)14)9-6(10)8/h3,12H,1,4H2,2H3. The molecule has 0 aliphatic carbocycles. The summed E-state index contributed by atoms with van der Waals surface area (Å²) in [6, 6.07) is 0. The van der Waals surface area contributed by atoms with E-state index < -0.39 is 10.5 Å². The highest BCUT2D eigenvalue weighted by atomic mass is 35.5. The lowest BCUT2D eigenvalue weighted by molar-refractivity contribution is -0.389. The molecule has 0 amide bonds. The van der Waals surface area contributed by atoms with E-state index in [1.165, 1.54) is 11.5 Å². The third kappa shape index (κ3) is 2.68. The van der Waals surface area contributed by atoms with Gasteiger partial charge in [-0.3, -0.25) is 4.57 Å². The monoisotopic (exact) mass is 218 g/mol. The fourth-order valence-corrected chi connectivity index (χ4v) is 1.14. The maximum Gasteiger partial charge on any atom is 0.383 e. The summed E-state index contributed by atoms with van der Waals surface area (Å²) in [6.45, 7) is 4.96. The Morgan fingerprint density at radius 1 is 1.93 bits per heavy atom. The summed E-state index contributed by atoms with van der Waals surface area (Å²) in [5.74, 6) is -0.348. The van der Waals surface area contributed by atoms with Crippen molar-refractivity contribution in [3.63, 3.8) is 0 Å². The van der Waals surface area contributed by atoms with E-state index in [-0.39, 0.29) is 17.6 Å². The molecule has 0 saturated heterocycles. The maximum atomic E-state index is 10.3. The summed E-state index contributed by atoms with van der Waals surface area (Å²) in [7, 11) is 0. The van der Waals surface area contributed by atoms with Gasteiger partial charge in [0.2, 0.25) is 0 Å². The van der Waals surface area contributed by atoms with Crippen LogP contribution in [0.1, 0.15) is 6.92 Å². The maximum absolute atomic E-state index is 10.3. The molecule has 1 atom stereocenters. The number of nitrogens with zero attached hydrogens (tertiary/aromatic N) is 3. The Morgan fingerprint density at radius 2 is 2.50 bits per heavy atom. The zero-order valence-corrected chi connectivity index (χ0v) is 8.23. The van der Waals surface area contributed by atoms with Crippen molar-refractivity contribution in [2.24, 2.45) is 0 Å². The van der Waals surface area contributed by atoms with Crippen LogP contribution in [0.2, 0.25) is 5.28 Å². The SMILES string of the molecule is [CH2]C(C)(O)Cn1cc([N+](=O)[O-])nc1Cl. The van der Waals surface area contributed by atoms with Crippen LogP contribution in [-0.2, 0) is 6.54 Å². The molecule has 0 aromatic carbocycles. The molecule has 1 heterocycles. The molecule has 0 aliphatic heterocycles. The first-order valence-corrected chi connectivity index (χ1v) is 4.12. The van der Waals surface area contributed by atoms with Gasteiger partial charge >= 0.3 is 11.1 Å². The number of nitro groups is 1. The molecule has 0 aliphatic rings. The van der Waals surface area contributed by atoms with Gasteiger partial charge in [0.1, 0.15) is 6.20 Å². The topological polar surface area (TPSA) is 81.2 Å². The van der Waals surface area contributed by atoms with E-state index in [0.717, 1.165) is 6.20 Å².